The fraction of sp³-hybridized carbons (Fsp3) is 0.617. The zero-order valence-electron chi connectivity index (χ0n) is 39.1. The number of nitrogens with two attached hydrogens (primary N) is 4. The molecule has 5 aliphatic rings. The SMILES string of the molecule is CN1/C(=C/c2cc[n+](CCCCCC(=O)NC[C@@H]3O[C@H](O[C@H]4[C@@H](O)[C@H](O[C@@H]5[C@@H](O)[C@H](N)C[C@H](N)[C@H]5O[C@H]5O[C@H](CO)[C@@H](O)[C@H](O)[C@H]5N)O[C@@H]4CO)[C@H](N)[C@@H](O)[C@@H]3O)c3ccccc23)Sc2ccccc21.[I-]. The van der Waals surface area contributed by atoms with Crippen LogP contribution in [0, 0.1) is 0 Å². The molecule has 0 radical (unpaired) electrons. The molecule has 1 saturated carbocycles. The van der Waals surface area contributed by atoms with Crippen molar-refractivity contribution in [2.24, 2.45) is 22.9 Å². The number of amides is 1. The third kappa shape index (κ3) is 12.2. The quantitative estimate of drug-likeness (QED) is 0.0340. The Balaban J connectivity index is 0.00000741. The van der Waals surface area contributed by atoms with E-state index in [0.717, 1.165) is 40.9 Å². The molecule has 3 saturated heterocycles. The highest BCUT2D eigenvalue weighted by molar-refractivity contribution is 8.03. The first-order valence-corrected chi connectivity index (χ1v) is 24.6. The average molecular weight is 1130 g/mol. The number of nitrogens with one attached hydrogen (secondary N) is 1. The lowest BCUT2D eigenvalue weighted by atomic mass is 9.84. The number of carbonyl (C=O) groups excluding carboxylic acids is 1. The van der Waals surface area contributed by atoms with E-state index in [1.807, 2.05) is 24.3 Å². The van der Waals surface area contributed by atoms with Crippen LogP contribution in [0.2, 0.25) is 0 Å². The van der Waals surface area contributed by atoms with Crippen molar-refractivity contribution in [2.45, 2.75) is 160 Å². The number of benzene rings is 2. The lowest BCUT2D eigenvalue weighted by Gasteiger charge is -2.47. The van der Waals surface area contributed by atoms with Gasteiger partial charge in [-0.05, 0) is 49.1 Å². The number of carbonyl (C=O) groups is 1. The number of thioether (sulfide) groups is 1. The van der Waals surface area contributed by atoms with Crippen molar-refractivity contribution in [3.8, 4) is 0 Å². The lowest BCUT2D eigenvalue weighted by Crippen LogP contribution is -3.00. The van der Waals surface area contributed by atoms with Crippen LogP contribution in [0.1, 0.15) is 37.7 Å². The van der Waals surface area contributed by atoms with E-state index < -0.39 is 129 Å². The van der Waals surface area contributed by atoms with Gasteiger partial charge in [-0.25, -0.2) is 0 Å². The molecule has 4 aliphatic heterocycles. The van der Waals surface area contributed by atoms with Crippen LogP contribution in [0.5, 0.6) is 0 Å². The summed E-state index contributed by atoms with van der Waals surface area (Å²) in [5.41, 5.74) is 28.3. The van der Waals surface area contributed by atoms with Crippen molar-refractivity contribution in [3.05, 3.63) is 71.4 Å². The van der Waals surface area contributed by atoms with E-state index in [1.54, 1.807) is 11.8 Å². The number of aryl methyl sites for hydroxylation is 1. The third-order valence-electron chi connectivity index (χ3n) is 13.9. The number of unbranched alkanes of at least 4 members (excludes halogenated alkanes) is 2. The average Bonchev–Trinajstić information content (AvgIpc) is 3.84. The van der Waals surface area contributed by atoms with Gasteiger partial charge in [-0.15, -0.1) is 0 Å². The Morgan fingerprint density at radius 3 is 2.06 bits per heavy atom. The first kappa shape index (κ1) is 56.0. The maximum atomic E-state index is 13.0. The van der Waals surface area contributed by atoms with Crippen LogP contribution in [0.15, 0.2) is 70.7 Å². The number of rotatable bonds is 17. The number of para-hydroxylation sites is 2. The molecule has 71 heavy (non-hydrogen) atoms. The Kier molecular flexibility index (Phi) is 19.5. The molecular formula is C47H68IN7O15S. The minimum atomic E-state index is -1.70. The van der Waals surface area contributed by atoms with Crippen LogP contribution in [-0.4, -0.2) is 190 Å². The van der Waals surface area contributed by atoms with Crippen LogP contribution in [-0.2, 0) is 39.8 Å². The second kappa shape index (κ2) is 24.7. The molecule has 4 fully saturated rings. The maximum absolute atomic E-state index is 13.0. The van der Waals surface area contributed by atoms with E-state index in [1.165, 1.54) is 10.6 Å². The monoisotopic (exact) mass is 1130 g/mol. The molecule has 0 unspecified atom stereocenters. The summed E-state index contributed by atoms with van der Waals surface area (Å²) in [6.45, 7) is -0.843. The van der Waals surface area contributed by atoms with Gasteiger partial charge >= 0.3 is 0 Å². The minimum Gasteiger partial charge on any atom is -1.00 e. The summed E-state index contributed by atoms with van der Waals surface area (Å²) < 4.78 is 37.7. The number of anilines is 1. The van der Waals surface area contributed by atoms with Crippen LogP contribution in [0.3, 0.4) is 0 Å². The number of aromatic nitrogens is 1. The van der Waals surface area contributed by atoms with Gasteiger partial charge < -0.3 is 126 Å². The molecule has 1 aromatic heterocycles. The van der Waals surface area contributed by atoms with Crippen molar-refractivity contribution in [1.82, 2.24) is 5.32 Å². The predicted octanol–water partition coefficient (Wildman–Crippen LogP) is -6.46. The van der Waals surface area contributed by atoms with Crippen molar-refractivity contribution in [1.29, 1.82) is 0 Å². The largest absolute Gasteiger partial charge is 1.00 e. The van der Waals surface area contributed by atoms with Crippen molar-refractivity contribution >= 4 is 40.3 Å². The number of ether oxygens (including phenoxy) is 6. The summed E-state index contributed by atoms with van der Waals surface area (Å²) >= 11 is 1.75. The van der Waals surface area contributed by atoms with Crippen molar-refractivity contribution in [3.63, 3.8) is 0 Å². The van der Waals surface area contributed by atoms with Gasteiger partial charge in [0.1, 0.15) is 73.7 Å². The zero-order valence-corrected chi connectivity index (χ0v) is 42.1. The van der Waals surface area contributed by atoms with Gasteiger partial charge in [0.15, 0.2) is 25.1 Å². The number of aliphatic hydroxyl groups excluding tert-OH is 8. The summed E-state index contributed by atoms with van der Waals surface area (Å²) in [7, 11) is 2.08. The summed E-state index contributed by atoms with van der Waals surface area (Å²) in [6.07, 6.45) is -14.9. The van der Waals surface area contributed by atoms with E-state index in [4.69, 9.17) is 51.4 Å². The molecule has 3 aromatic rings. The standard InChI is InChI=1S/C47H67N7O15S.HI/c1-53-27-11-6-7-12-31(27)70-33(53)17-22-14-16-54(26-10-5-4-9-23(22)26)15-8-2-3-13-32(57)52-19-28-37(59)39(61)34(50)45(64-28)68-43-30(21-56)66-47(41(43)63)69-44-36(58)24(48)18-25(49)42(44)67-46-35(51)40(62)38(60)29(20-55)65-46;/h4-7,9-12,14,16-17,24-25,28-30,34-47,55-56,58-63H,2-3,8,13,15,18-21,48-51H2,1H3;1H/t24-,25+,28+,29-,30-,34-,35-,36+,37-,38-,39-,40-,41-,42-,43-,44-,45-,46-,47+;/m1./s1. The summed E-state index contributed by atoms with van der Waals surface area (Å²) in [5, 5.41) is 90.3. The van der Waals surface area contributed by atoms with Gasteiger partial charge in [-0.1, -0.05) is 36.0 Å². The molecule has 24 heteroatoms. The van der Waals surface area contributed by atoms with Gasteiger partial charge in [0.25, 0.3) is 0 Å². The first-order valence-electron chi connectivity index (χ1n) is 23.8. The van der Waals surface area contributed by atoms with Gasteiger partial charge in [0.05, 0.1) is 47.5 Å². The number of fused-ring (bicyclic) bond motifs is 2. The molecule has 17 N–H and O–H groups in total. The number of hydrogen-bond acceptors (Lipinski definition) is 21. The van der Waals surface area contributed by atoms with Gasteiger partial charge in [-0.3, -0.25) is 4.79 Å². The Morgan fingerprint density at radius 1 is 0.732 bits per heavy atom. The van der Waals surface area contributed by atoms with E-state index >= 15 is 0 Å². The molecule has 0 spiro atoms. The number of pyridine rings is 1. The number of nitrogens with zero attached hydrogens (tertiary/aromatic N) is 2. The van der Waals surface area contributed by atoms with Crippen LogP contribution in [0.4, 0.5) is 5.69 Å². The highest BCUT2D eigenvalue weighted by atomic mass is 127. The molecule has 394 valence electrons. The molecule has 8 rings (SSSR count). The van der Waals surface area contributed by atoms with E-state index in [9.17, 15) is 45.6 Å². The molecule has 5 heterocycles. The zero-order chi connectivity index (χ0) is 50.0. The Labute approximate surface area is 432 Å². The second-order valence-electron chi connectivity index (χ2n) is 18.7. The molecular weight excluding hydrogens is 1060 g/mol. The van der Waals surface area contributed by atoms with Crippen LogP contribution >= 0.6 is 11.8 Å². The normalized spacial score (nSPS) is 37.8. The number of aliphatic hydroxyl groups is 8. The molecule has 2 aromatic carbocycles. The predicted molar refractivity (Wildman–Crippen MR) is 252 cm³/mol. The summed E-state index contributed by atoms with van der Waals surface area (Å²) in [6, 6.07) is 14.3. The van der Waals surface area contributed by atoms with Crippen LogP contribution in [0.25, 0.3) is 17.0 Å². The van der Waals surface area contributed by atoms with E-state index in [-0.39, 0.29) is 49.3 Å². The van der Waals surface area contributed by atoms with Gasteiger partial charge in [0, 0.05) is 55.5 Å². The van der Waals surface area contributed by atoms with Gasteiger partial charge in [-0.2, -0.15) is 4.57 Å². The fourth-order valence-electron chi connectivity index (χ4n) is 9.73. The lowest BCUT2D eigenvalue weighted by molar-refractivity contribution is -0.671. The molecule has 0 bridgehead atoms. The van der Waals surface area contributed by atoms with E-state index in [2.05, 4.69) is 64.4 Å². The Hall–Kier alpha value is -2.78. The van der Waals surface area contributed by atoms with Crippen LogP contribution < -0.4 is 61.7 Å². The summed E-state index contributed by atoms with van der Waals surface area (Å²) in [5.74, 6) is -0.296. The van der Waals surface area contributed by atoms with Crippen molar-refractivity contribution in [2.75, 3.05) is 31.7 Å². The molecule has 22 nitrogen and oxygen atoms in total. The maximum Gasteiger partial charge on any atom is 0.220 e. The highest BCUT2D eigenvalue weighted by Gasteiger charge is 2.54. The Morgan fingerprint density at radius 2 is 1.35 bits per heavy atom. The summed E-state index contributed by atoms with van der Waals surface area (Å²) in [4.78, 5) is 16.4. The Bertz CT molecular complexity index is 2280. The smallest absolute Gasteiger partial charge is 0.220 e. The topological polar surface area (TPSA) is 358 Å². The first-order chi connectivity index (χ1) is 33.6. The van der Waals surface area contributed by atoms with E-state index in [0.29, 0.717) is 6.42 Å². The fourth-order valence-corrected chi connectivity index (χ4v) is 10.8. The molecule has 1 aliphatic carbocycles. The second-order valence-corrected chi connectivity index (χ2v) is 19.7. The number of halogens is 1. The van der Waals surface area contributed by atoms with Crippen molar-refractivity contribution < 1.29 is 103 Å². The third-order valence-corrected chi connectivity index (χ3v) is 15.1. The molecule has 19 atom stereocenters. The highest BCUT2D eigenvalue weighted by Crippen LogP contribution is 2.45. The number of hydrogen-bond donors (Lipinski definition) is 13. The van der Waals surface area contributed by atoms with Gasteiger partial charge in [0.2, 0.25) is 11.4 Å². The molecule has 1 amide bonds. The minimum absolute atomic E-state index is 0.